The zero-order chi connectivity index (χ0) is 12.2. The van der Waals surface area contributed by atoms with Crippen LogP contribution < -0.4 is 5.32 Å². The molecule has 0 radical (unpaired) electrons. The highest BCUT2D eigenvalue weighted by molar-refractivity contribution is 5.73. The van der Waals surface area contributed by atoms with Gasteiger partial charge in [0.25, 0.3) is 0 Å². The lowest BCUT2D eigenvalue weighted by molar-refractivity contribution is -0.120. The molecule has 0 aromatic rings. The van der Waals surface area contributed by atoms with Crippen LogP contribution in [0.2, 0.25) is 0 Å². The number of rotatable bonds is 4. The van der Waals surface area contributed by atoms with E-state index in [9.17, 15) is 9.90 Å². The van der Waals surface area contributed by atoms with E-state index in [4.69, 9.17) is 2.74 Å². The highest BCUT2D eigenvalue weighted by Crippen LogP contribution is 2.27. The van der Waals surface area contributed by atoms with Crippen LogP contribution in [0, 0.1) is 5.92 Å². The van der Waals surface area contributed by atoms with E-state index in [1.807, 2.05) is 0 Å². The van der Waals surface area contributed by atoms with Crippen LogP contribution in [0.25, 0.3) is 0 Å². The number of nitrogens with one attached hydrogen (secondary N) is 1. The molecule has 0 spiro atoms. The van der Waals surface area contributed by atoms with Gasteiger partial charge in [-0.3, -0.25) is 4.79 Å². The molecule has 2 N–H and O–H groups in total. The molecule has 1 amide bonds. The molecule has 0 aliphatic heterocycles. The van der Waals surface area contributed by atoms with Gasteiger partial charge in [-0.25, -0.2) is 0 Å². The minimum absolute atomic E-state index is 0.116. The number of aliphatic hydroxyl groups is 1. The molecule has 0 bridgehead atoms. The van der Waals surface area contributed by atoms with Gasteiger partial charge in [-0.1, -0.05) is 32.1 Å². The van der Waals surface area contributed by atoms with Crippen molar-refractivity contribution in [2.75, 3.05) is 6.61 Å². The second kappa shape index (κ2) is 6.02. The fourth-order valence-corrected chi connectivity index (χ4v) is 1.95. The van der Waals surface area contributed by atoms with E-state index in [1.165, 1.54) is 13.3 Å². The number of hydrogen-bond acceptors (Lipinski definition) is 2. The molecule has 2 unspecified atom stereocenters. The van der Waals surface area contributed by atoms with Crippen LogP contribution in [0.1, 0.15) is 48.2 Å². The quantitative estimate of drug-likeness (QED) is 0.723. The zero-order valence-corrected chi connectivity index (χ0v) is 8.75. The average molecular weight is 201 g/mol. The molecule has 14 heavy (non-hydrogen) atoms. The van der Waals surface area contributed by atoms with Crippen molar-refractivity contribution in [3.8, 4) is 0 Å². The van der Waals surface area contributed by atoms with Crippen LogP contribution in [0.5, 0.6) is 0 Å². The third-order valence-electron chi connectivity index (χ3n) is 2.59. The summed E-state index contributed by atoms with van der Waals surface area (Å²) in [7, 11) is 0. The standard InChI is InChI=1S/C11H21NO2/c1-9(14)12-11(8-13)7-10-5-3-2-4-6-10/h10-11,13H,2-8H2,1H3,(H,12,14)/i7D,11D. The fourth-order valence-electron chi connectivity index (χ4n) is 1.95. The van der Waals surface area contributed by atoms with Crippen LogP contribution >= 0.6 is 0 Å². The van der Waals surface area contributed by atoms with Crippen LogP contribution in [0.3, 0.4) is 0 Å². The summed E-state index contributed by atoms with van der Waals surface area (Å²) in [5.41, 5.74) is 0. The van der Waals surface area contributed by atoms with Crippen LogP contribution in [0.4, 0.5) is 0 Å². The average Bonchev–Trinajstić information content (AvgIpc) is 2.28. The third-order valence-corrected chi connectivity index (χ3v) is 2.59. The SMILES string of the molecule is [2H]C(C1CCCCC1)C([2H])(CO)NC(C)=O. The number of carbonyl (C=O) groups is 1. The Labute approximate surface area is 88.7 Å². The number of carbonyl (C=O) groups excluding carboxylic acids is 1. The zero-order valence-electron chi connectivity index (χ0n) is 10.8. The molecule has 1 aliphatic carbocycles. The van der Waals surface area contributed by atoms with E-state index >= 15 is 0 Å². The molecule has 0 saturated heterocycles. The summed E-state index contributed by atoms with van der Waals surface area (Å²) >= 11 is 0. The minimum Gasteiger partial charge on any atom is -0.394 e. The summed E-state index contributed by atoms with van der Waals surface area (Å²) in [5, 5.41) is 11.6. The first-order chi connectivity index (χ1) is 7.49. The molecule has 1 rings (SSSR count). The van der Waals surface area contributed by atoms with Crippen molar-refractivity contribution in [3.63, 3.8) is 0 Å². The lowest BCUT2D eigenvalue weighted by atomic mass is 9.85. The number of hydrogen-bond donors (Lipinski definition) is 2. The van der Waals surface area contributed by atoms with Crippen molar-refractivity contribution in [3.05, 3.63) is 0 Å². The maximum absolute atomic E-state index is 11.0. The normalized spacial score (nSPS) is 27.0. The summed E-state index contributed by atoms with van der Waals surface area (Å²) < 4.78 is 16.0. The molecule has 1 aliphatic rings. The molecule has 3 heteroatoms. The van der Waals surface area contributed by atoms with Crippen molar-refractivity contribution in [2.45, 2.75) is 51.4 Å². The smallest absolute Gasteiger partial charge is 0.217 e. The Morgan fingerprint density at radius 2 is 2.29 bits per heavy atom. The molecule has 82 valence electrons. The van der Waals surface area contributed by atoms with E-state index in [1.54, 1.807) is 0 Å². The molecule has 3 nitrogen and oxygen atoms in total. The first kappa shape index (κ1) is 8.72. The van der Waals surface area contributed by atoms with Gasteiger partial charge < -0.3 is 10.4 Å². The predicted molar refractivity (Wildman–Crippen MR) is 55.9 cm³/mol. The fraction of sp³-hybridized carbons (Fsp3) is 0.909. The van der Waals surface area contributed by atoms with Gasteiger partial charge in [0.2, 0.25) is 5.91 Å². The molecule has 1 fully saturated rings. The Hall–Kier alpha value is -0.570. The first-order valence-corrected chi connectivity index (χ1v) is 5.31. The molecule has 0 aromatic heterocycles. The van der Waals surface area contributed by atoms with Crippen LogP contribution in [0.15, 0.2) is 0 Å². The number of aliphatic hydroxyl groups excluding tert-OH is 1. The Balaban J connectivity index is 2.65. The van der Waals surface area contributed by atoms with E-state index in [2.05, 4.69) is 5.32 Å². The van der Waals surface area contributed by atoms with Gasteiger partial charge in [0, 0.05) is 8.29 Å². The van der Waals surface area contributed by atoms with Crippen molar-refractivity contribution >= 4 is 5.91 Å². The minimum atomic E-state index is -1.55. The maximum Gasteiger partial charge on any atom is 0.217 e. The van der Waals surface area contributed by atoms with Gasteiger partial charge in [0.1, 0.15) is 0 Å². The monoisotopic (exact) mass is 201 g/mol. The van der Waals surface area contributed by atoms with Gasteiger partial charge in [-0.15, -0.1) is 0 Å². The molecule has 0 heterocycles. The molecule has 2 atom stereocenters. The van der Waals surface area contributed by atoms with Crippen molar-refractivity contribution in [1.82, 2.24) is 5.32 Å². The van der Waals surface area contributed by atoms with E-state index in [-0.39, 0.29) is 11.8 Å². The Bertz CT molecular complexity index is 244. The molecular formula is C11H21NO2. The van der Waals surface area contributed by atoms with E-state index in [0.29, 0.717) is 0 Å². The largest absolute Gasteiger partial charge is 0.394 e. The highest BCUT2D eigenvalue weighted by Gasteiger charge is 2.18. The van der Waals surface area contributed by atoms with Crippen molar-refractivity contribution in [2.24, 2.45) is 5.92 Å². The summed E-state index contributed by atoms with van der Waals surface area (Å²) in [4.78, 5) is 11.0. The second-order valence-corrected chi connectivity index (χ2v) is 3.93. The van der Waals surface area contributed by atoms with Gasteiger partial charge in [0.15, 0.2) is 0 Å². The lowest BCUT2D eigenvalue weighted by Gasteiger charge is -2.25. The van der Waals surface area contributed by atoms with Gasteiger partial charge in [-0.2, -0.15) is 0 Å². The topological polar surface area (TPSA) is 49.3 Å². The first-order valence-electron chi connectivity index (χ1n) is 6.39. The Morgan fingerprint density at radius 3 is 2.79 bits per heavy atom. The predicted octanol–water partition coefficient (Wildman–Crippen LogP) is 1.45. The molecule has 0 aromatic carbocycles. The second-order valence-electron chi connectivity index (χ2n) is 3.93. The Morgan fingerprint density at radius 1 is 1.64 bits per heavy atom. The van der Waals surface area contributed by atoms with Crippen molar-refractivity contribution < 1.29 is 12.6 Å². The van der Waals surface area contributed by atoms with Crippen LogP contribution in [-0.2, 0) is 4.79 Å². The lowest BCUT2D eigenvalue weighted by Crippen LogP contribution is -2.37. The highest BCUT2D eigenvalue weighted by atomic mass is 16.3. The summed E-state index contributed by atoms with van der Waals surface area (Å²) in [5.74, 6) is -0.248. The summed E-state index contributed by atoms with van der Waals surface area (Å²) in [6, 6.07) is -1.55. The Kier molecular flexibility index (Phi) is 3.74. The molecular weight excluding hydrogens is 178 g/mol. The van der Waals surface area contributed by atoms with Crippen LogP contribution in [-0.4, -0.2) is 23.6 Å². The van der Waals surface area contributed by atoms with Crippen molar-refractivity contribution in [1.29, 1.82) is 0 Å². The van der Waals surface area contributed by atoms with E-state index < -0.39 is 19.0 Å². The third kappa shape index (κ3) is 4.09. The van der Waals surface area contributed by atoms with E-state index in [0.717, 1.165) is 25.7 Å². The number of amides is 1. The van der Waals surface area contributed by atoms with Gasteiger partial charge in [-0.05, 0) is 12.3 Å². The summed E-state index contributed by atoms with van der Waals surface area (Å²) in [6.07, 6.45) is 4.46. The molecule has 1 saturated carbocycles. The van der Waals surface area contributed by atoms with Gasteiger partial charge >= 0.3 is 0 Å². The van der Waals surface area contributed by atoms with Gasteiger partial charge in [0.05, 0.1) is 14.0 Å². The maximum atomic E-state index is 11.0. The summed E-state index contributed by atoms with van der Waals surface area (Å²) in [6.45, 7) is 0.809.